The minimum atomic E-state index is -1.16. The smallest absolute Gasteiger partial charge is 0.540 e. The molecule has 0 radical (unpaired) electrons. The van der Waals surface area contributed by atoms with Gasteiger partial charge in [0, 0.05) is 35.4 Å². The fourth-order valence-corrected chi connectivity index (χ4v) is 5.11. The van der Waals surface area contributed by atoms with Gasteiger partial charge in [0.2, 0.25) is 0 Å². The van der Waals surface area contributed by atoms with Crippen LogP contribution in [0.5, 0.6) is 23.0 Å². The SMILES string of the molecule is COc1c[c-]c(-c2cc(C(=O)O)cc(-c3cc(C(=O)O)ccn3)n2)c(OC)c1.COc1c[c-]c(-c2cc(C(=O)O)cc(-c3cc(C(=O)O)ccn3)n2)c(OC)c1.[Ru+2]. The molecule has 0 amide bonds. The van der Waals surface area contributed by atoms with Crippen LogP contribution < -0.4 is 18.9 Å². The molecule has 4 aromatic heterocycles. The molecule has 0 spiro atoms. The maximum absolute atomic E-state index is 11.6. The zero-order valence-corrected chi connectivity index (χ0v) is 32.0. The Morgan fingerprint density at radius 1 is 0.474 bits per heavy atom. The Morgan fingerprint density at radius 2 is 0.807 bits per heavy atom. The molecular weight excluding hydrogens is 830 g/mol. The van der Waals surface area contributed by atoms with Crippen LogP contribution in [0.3, 0.4) is 0 Å². The number of carboxylic acids is 4. The van der Waals surface area contributed by atoms with Gasteiger partial charge >= 0.3 is 43.4 Å². The van der Waals surface area contributed by atoms with Crippen molar-refractivity contribution in [3.8, 4) is 68.3 Å². The summed E-state index contributed by atoms with van der Waals surface area (Å²) in [6, 6.07) is 23.1. The van der Waals surface area contributed by atoms with Crippen molar-refractivity contribution in [1.29, 1.82) is 0 Å². The number of hydrogen-bond donors (Lipinski definition) is 4. The van der Waals surface area contributed by atoms with Crippen molar-refractivity contribution in [3.05, 3.63) is 120 Å². The van der Waals surface area contributed by atoms with Crippen molar-refractivity contribution < 1.29 is 78.0 Å². The van der Waals surface area contributed by atoms with Gasteiger partial charge in [0.25, 0.3) is 0 Å². The van der Waals surface area contributed by atoms with Crippen LogP contribution in [0.1, 0.15) is 41.4 Å². The first kappa shape index (κ1) is 42.5. The summed E-state index contributed by atoms with van der Waals surface area (Å²) in [4.78, 5) is 62.8. The summed E-state index contributed by atoms with van der Waals surface area (Å²) in [6.07, 6.45) is 2.65. The average molecular weight is 860 g/mol. The average Bonchev–Trinajstić information content (AvgIpc) is 3.22. The Balaban J connectivity index is 0.000000248. The van der Waals surface area contributed by atoms with E-state index < -0.39 is 23.9 Å². The number of aromatic carboxylic acids is 4. The molecule has 0 aliphatic carbocycles. The Kier molecular flexibility index (Phi) is 14.1. The molecule has 290 valence electrons. The number of carbonyl (C=O) groups is 4. The summed E-state index contributed by atoms with van der Waals surface area (Å²) in [7, 11) is 5.94. The number of aromatic nitrogens is 4. The molecule has 6 aromatic rings. The summed E-state index contributed by atoms with van der Waals surface area (Å²) in [5.74, 6) is -2.73. The molecule has 0 unspecified atom stereocenters. The van der Waals surface area contributed by atoms with Gasteiger partial charge in [-0.2, -0.15) is 0 Å². The minimum Gasteiger partial charge on any atom is -0.540 e. The van der Waals surface area contributed by atoms with E-state index in [-0.39, 0.29) is 75.9 Å². The maximum Gasteiger partial charge on any atom is 2.00 e. The Bertz CT molecular complexity index is 2310. The molecule has 0 atom stereocenters. The van der Waals surface area contributed by atoms with Gasteiger partial charge < -0.3 is 39.4 Å². The van der Waals surface area contributed by atoms with E-state index in [1.54, 1.807) is 24.3 Å². The predicted octanol–water partition coefficient (Wildman–Crippen LogP) is 6.05. The summed E-state index contributed by atoms with van der Waals surface area (Å²) in [6.45, 7) is 0. The zero-order chi connectivity index (χ0) is 40.5. The number of pyridine rings is 4. The molecule has 4 N–H and O–H groups in total. The van der Waals surface area contributed by atoms with Crippen LogP contribution in [0, 0.1) is 12.1 Å². The van der Waals surface area contributed by atoms with Gasteiger partial charge in [-0.1, -0.05) is 35.4 Å². The topological polar surface area (TPSA) is 238 Å². The molecule has 2 aromatic carbocycles. The monoisotopic (exact) mass is 860 g/mol. The molecule has 4 heterocycles. The van der Waals surface area contributed by atoms with Crippen molar-refractivity contribution in [2.24, 2.45) is 0 Å². The Hall–Kier alpha value is -7.26. The van der Waals surface area contributed by atoms with Crippen molar-refractivity contribution in [1.82, 2.24) is 19.9 Å². The number of nitrogens with zero attached hydrogens (tertiary/aromatic N) is 4. The van der Waals surface area contributed by atoms with E-state index in [2.05, 4.69) is 32.1 Å². The first-order valence-electron chi connectivity index (χ1n) is 16.0. The summed E-state index contributed by atoms with van der Waals surface area (Å²) < 4.78 is 21.0. The van der Waals surface area contributed by atoms with E-state index in [0.717, 1.165) is 0 Å². The maximum atomic E-state index is 11.6. The van der Waals surface area contributed by atoms with Gasteiger partial charge in [-0.15, -0.1) is 24.3 Å². The number of hydrogen-bond acceptors (Lipinski definition) is 12. The first-order valence-corrected chi connectivity index (χ1v) is 16.0. The Labute approximate surface area is 337 Å². The third-order valence-electron chi connectivity index (χ3n) is 7.86. The molecule has 0 aliphatic heterocycles. The van der Waals surface area contributed by atoms with Crippen LogP contribution >= 0.6 is 0 Å². The molecule has 0 aliphatic rings. The molecule has 17 heteroatoms. The van der Waals surface area contributed by atoms with Crippen molar-refractivity contribution in [2.75, 3.05) is 28.4 Å². The molecule has 0 bridgehead atoms. The predicted molar refractivity (Wildman–Crippen MR) is 198 cm³/mol. The fourth-order valence-electron chi connectivity index (χ4n) is 5.11. The Morgan fingerprint density at radius 3 is 1.12 bits per heavy atom. The number of carboxylic acid groups (broad SMARTS) is 4. The fraction of sp³-hybridized carbons (Fsp3) is 0.100. The van der Waals surface area contributed by atoms with Crippen LogP contribution in [0.25, 0.3) is 45.3 Å². The van der Waals surface area contributed by atoms with Crippen molar-refractivity contribution in [2.45, 2.75) is 0 Å². The number of methoxy groups -OCH3 is 4. The molecule has 16 nitrogen and oxygen atoms in total. The molecule has 0 fully saturated rings. The van der Waals surface area contributed by atoms with Crippen molar-refractivity contribution >= 4 is 23.9 Å². The summed E-state index contributed by atoms with van der Waals surface area (Å²) in [5, 5.41) is 37.3. The summed E-state index contributed by atoms with van der Waals surface area (Å²) in [5.41, 5.74) is 2.30. The summed E-state index contributed by atoms with van der Waals surface area (Å²) >= 11 is 0. The number of ether oxygens (including phenoxy) is 4. The van der Waals surface area contributed by atoms with E-state index in [1.165, 1.54) is 89.4 Å². The van der Waals surface area contributed by atoms with Gasteiger partial charge in [0.15, 0.2) is 0 Å². The first-order chi connectivity index (χ1) is 26.8. The van der Waals surface area contributed by atoms with E-state index in [0.29, 0.717) is 34.1 Å². The van der Waals surface area contributed by atoms with Gasteiger partial charge in [0.1, 0.15) is 0 Å². The second-order valence-electron chi connectivity index (χ2n) is 11.3. The third kappa shape index (κ3) is 10.1. The normalized spacial score (nSPS) is 10.2. The van der Waals surface area contributed by atoms with Crippen LogP contribution in [0.4, 0.5) is 0 Å². The van der Waals surface area contributed by atoms with E-state index in [4.69, 9.17) is 18.9 Å². The zero-order valence-electron chi connectivity index (χ0n) is 30.3. The van der Waals surface area contributed by atoms with Gasteiger partial charge in [-0.25, -0.2) is 19.2 Å². The van der Waals surface area contributed by atoms with E-state index in [9.17, 15) is 39.6 Å². The van der Waals surface area contributed by atoms with Gasteiger partial charge in [-0.05, 0) is 47.8 Å². The van der Waals surface area contributed by atoms with E-state index in [1.807, 2.05) is 0 Å². The minimum absolute atomic E-state index is 0. The standard InChI is InChI=1S/2C20H15N2O6.Ru/c2*1-27-13-3-4-14(18(10-13)28-2)15-8-12(20(25)26)9-17(22-15)16-7-11(19(23)24)5-6-21-16;/h2*3,5-10H,1-2H3,(H,23,24)(H,25,26);/q2*-1;+2. The van der Waals surface area contributed by atoms with Crippen LogP contribution in [0.15, 0.2) is 85.2 Å². The molecular formula is C40H30N4O12Ru. The second-order valence-corrected chi connectivity index (χ2v) is 11.3. The number of rotatable bonds is 12. The van der Waals surface area contributed by atoms with E-state index >= 15 is 0 Å². The molecule has 0 saturated carbocycles. The quantitative estimate of drug-likeness (QED) is 0.0810. The van der Waals surface area contributed by atoms with Crippen molar-refractivity contribution in [3.63, 3.8) is 0 Å². The molecule has 6 rings (SSSR count). The second kappa shape index (κ2) is 18.9. The van der Waals surface area contributed by atoms with Crippen LogP contribution in [-0.4, -0.2) is 92.7 Å². The van der Waals surface area contributed by atoms with Crippen LogP contribution in [-0.2, 0) is 19.5 Å². The van der Waals surface area contributed by atoms with Crippen LogP contribution in [0.2, 0.25) is 0 Å². The largest absolute Gasteiger partial charge is 2.00 e. The molecule has 57 heavy (non-hydrogen) atoms. The number of benzene rings is 2. The van der Waals surface area contributed by atoms with Gasteiger partial charge in [-0.3, -0.25) is 19.9 Å². The van der Waals surface area contributed by atoms with Gasteiger partial charge in [0.05, 0.1) is 73.5 Å². The molecule has 0 saturated heterocycles. The third-order valence-corrected chi connectivity index (χ3v) is 7.86.